The predicted octanol–water partition coefficient (Wildman–Crippen LogP) is 3.30. The van der Waals surface area contributed by atoms with Gasteiger partial charge < -0.3 is 4.90 Å². The van der Waals surface area contributed by atoms with Crippen LogP contribution in [0.3, 0.4) is 0 Å². The van der Waals surface area contributed by atoms with Crippen LogP contribution < -0.4 is 0 Å². The number of rotatable bonds is 1. The van der Waals surface area contributed by atoms with Gasteiger partial charge in [-0.25, -0.2) is 0 Å². The second-order valence-corrected chi connectivity index (χ2v) is 8.89. The molecule has 3 heteroatoms. The van der Waals surface area contributed by atoms with Crippen LogP contribution in [-0.2, 0) is 0 Å². The average molecular weight is 298 g/mol. The minimum absolute atomic E-state index is 0.352. The monoisotopic (exact) mass is 297 g/mol. The standard InChI is InChI=1S/C10H22N2.C8H17N/c1-10(2,3)12-7-6-9(8-12)11(4)5;1-8(2,3)9-6-4-5-7-9/h9H,6-8H2,1-5H3;4-7H2,1-3H3. The molecule has 2 fully saturated rings. The Morgan fingerprint density at radius 3 is 1.48 bits per heavy atom. The van der Waals surface area contributed by atoms with Crippen molar-refractivity contribution in [2.24, 2.45) is 0 Å². The molecule has 0 aromatic carbocycles. The van der Waals surface area contributed by atoms with Crippen LogP contribution in [0.1, 0.15) is 60.8 Å². The number of likely N-dealkylation sites (tertiary alicyclic amines) is 2. The van der Waals surface area contributed by atoms with Crippen molar-refractivity contribution in [1.82, 2.24) is 14.7 Å². The van der Waals surface area contributed by atoms with Gasteiger partial charge in [-0.05, 0) is 88.0 Å². The van der Waals surface area contributed by atoms with Gasteiger partial charge in [0.2, 0.25) is 0 Å². The van der Waals surface area contributed by atoms with E-state index in [1.807, 2.05) is 0 Å². The second kappa shape index (κ2) is 7.43. The summed E-state index contributed by atoms with van der Waals surface area (Å²) >= 11 is 0. The van der Waals surface area contributed by atoms with E-state index in [1.54, 1.807) is 0 Å². The summed E-state index contributed by atoms with van der Waals surface area (Å²) in [5.41, 5.74) is 0.765. The fourth-order valence-corrected chi connectivity index (χ4v) is 3.16. The van der Waals surface area contributed by atoms with Gasteiger partial charge in [-0.1, -0.05) is 0 Å². The number of hydrogen-bond donors (Lipinski definition) is 0. The van der Waals surface area contributed by atoms with Crippen LogP contribution in [-0.4, -0.2) is 72.1 Å². The highest BCUT2D eigenvalue weighted by Crippen LogP contribution is 2.22. The van der Waals surface area contributed by atoms with Crippen molar-refractivity contribution in [3.8, 4) is 0 Å². The zero-order valence-corrected chi connectivity index (χ0v) is 15.9. The van der Waals surface area contributed by atoms with E-state index < -0.39 is 0 Å². The molecular weight excluding hydrogens is 258 g/mol. The summed E-state index contributed by atoms with van der Waals surface area (Å²) < 4.78 is 0. The Morgan fingerprint density at radius 2 is 1.24 bits per heavy atom. The lowest BCUT2D eigenvalue weighted by molar-refractivity contribution is 0.159. The van der Waals surface area contributed by atoms with Crippen molar-refractivity contribution < 1.29 is 0 Å². The van der Waals surface area contributed by atoms with Gasteiger partial charge in [0.25, 0.3) is 0 Å². The molecule has 2 saturated heterocycles. The van der Waals surface area contributed by atoms with Crippen molar-refractivity contribution in [3.63, 3.8) is 0 Å². The van der Waals surface area contributed by atoms with Crippen molar-refractivity contribution in [2.45, 2.75) is 77.9 Å². The minimum Gasteiger partial charge on any atom is -0.305 e. The van der Waals surface area contributed by atoms with Gasteiger partial charge >= 0.3 is 0 Å². The maximum atomic E-state index is 2.57. The molecule has 0 spiro atoms. The molecule has 0 amide bonds. The first kappa shape index (κ1) is 18.9. The van der Waals surface area contributed by atoms with E-state index in [9.17, 15) is 0 Å². The number of nitrogens with zero attached hydrogens (tertiary/aromatic N) is 3. The molecule has 2 aliphatic rings. The largest absolute Gasteiger partial charge is 0.305 e. The average Bonchev–Trinajstić information content (AvgIpc) is 3.00. The molecule has 1 unspecified atom stereocenters. The van der Waals surface area contributed by atoms with Crippen LogP contribution in [0, 0.1) is 0 Å². The molecule has 0 N–H and O–H groups in total. The second-order valence-electron chi connectivity index (χ2n) is 8.89. The molecule has 1 atom stereocenters. The molecule has 2 rings (SSSR count). The van der Waals surface area contributed by atoms with E-state index in [1.165, 1.54) is 45.4 Å². The lowest BCUT2D eigenvalue weighted by Crippen LogP contribution is -2.41. The first-order valence-corrected chi connectivity index (χ1v) is 8.68. The summed E-state index contributed by atoms with van der Waals surface area (Å²) in [7, 11) is 4.35. The maximum absolute atomic E-state index is 2.57. The van der Waals surface area contributed by atoms with E-state index in [4.69, 9.17) is 0 Å². The Balaban J connectivity index is 0.000000219. The van der Waals surface area contributed by atoms with Crippen molar-refractivity contribution in [2.75, 3.05) is 40.3 Å². The summed E-state index contributed by atoms with van der Waals surface area (Å²) in [5, 5.41) is 0. The molecule has 2 aliphatic heterocycles. The van der Waals surface area contributed by atoms with Crippen LogP contribution in [0.25, 0.3) is 0 Å². The van der Waals surface area contributed by atoms with Gasteiger partial charge in [-0.2, -0.15) is 0 Å². The van der Waals surface area contributed by atoms with Gasteiger partial charge in [0.15, 0.2) is 0 Å². The minimum atomic E-state index is 0.352. The van der Waals surface area contributed by atoms with Crippen molar-refractivity contribution >= 4 is 0 Å². The molecular formula is C18H39N3. The Labute approximate surface area is 133 Å². The SMILES string of the molecule is CC(C)(C)N1CCCC1.CN(C)C1CCN(C(C)(C)C)C1. The maximum Gasteiger partial charge on any atom is 0.0229 e. The summed E-state index contributed by atoms with van der Waals surface area (Å²) in [4.78, 5) is 7.45. The Hall–Kier alpha value is -0.120. The summed E-state index contributed by atoms with van der Waals surface area (Å²) in [6, 6.07) is 0.768. The molecule has 2 heterocycles. The highest BCUT2D eigenvalue weighted by atomic mass is 15.3. The highest BCUT2D eigenvalue weighted by Gasteiger charge is 2.30. The molecule has 0 radical (unpaired) electrons. The van der Waals surface area contributed by atoms with Gasteiger partial charge in [0.05, 0.1) is 0 Å². The summed E-state index contributed by atoms with van der Waals surface area (Å²) in [6.45, 7) is 18.9. The Bertz CT molecular complexity index is 293. The predicted molar refractivity (Wildman–Crippen MR) is 94.0 cm³/mol. The van der Waals surface area contributed by atoms with Gasteiger partial charge in [-0.15, -0.1) is 0 Å². The zero-order chi connectivity index (χ0) is 16.3. The van der Waals surface area contributed by atoms with E-state index >= 15 is 0 Å². The Morgan fingerprint density at radius 1 is 0.762 bits per heavy atom. The van der Waals surface area contributed by atoms with E-state index in [0.29, 0.717) is 11.1 Å². The van der Waals surface area contributed by atoms with E-state index in [0.717, 1.165) is 6.04 Å². The van der Waals surface area contributed by atoms with Crippen molar-refractivity contribution in [3.05, 3.63) is 0 Å². The molecule has 0 aromatic heterocycles. The van der Waals surface area contributed by atoms with E-state index in [2.05, 4.69) is 70.3 Å². The quantitative estimate of drug-likeness (QED) is 0.735. The van der Waals surface area contributed by atoms with Gasteiger partial charge in [0, 0.05) is 30.2 Å². The number of likely N-dealkylation sites (N-methyl/N-ethyl adjacent to an activating group) is 1. The van der Waals surface area contributed by atoms with Crippen LogP contribution in [0.2, 0.25) is 0 Å². The normalized spacial score (nSPS) is 25.3. The summed E-state index contributed by atoms with van der Waals surface area (Å²) in [5.74, 6) is 0. The van der Waals surface area contributed by atoms with E-state index in [-0.39, 0.29) is 0 Å². The van der Waals surface area contributed by atoms with Gasteiger partial charge in [0.1, 0.15) is 0 Å². The van der Waals surface area contributed by atoms with Crippen molar-refractivity contribution in [1.29, 1.82) is 0 Å². The van der Waals surface area contributed by atoms with Crippen LogP contribution in [0.4, 0.5) is 0 Å². The third-order valence-electron chi connectivity index (χ3n) is 4.90. The first-order valence-electron chi connectivity index (χ1n) is 8.68. The molecule has 0 aliphatic carbocycles. The fourth-order valence-electron chi connectivity index (χ4n) is 3.16. The highest BCUT2D eigenvalue weighted by molar-refractivity contribution is 4.87. The van der Waals surface area contributed by atoms with Crippen LogP contribution in [0.15, 0.2) is 0 Å². The molecule has 3 nitrogen and oxygen atoms in total. The number of hydrogen-bond acceptors (Lipinski definition) is 3. The smallest absolute Gasteiger partial charge is 0.0229 e. The fraction of sp³-hybridized carbons (Fsp3) is 1.00. The molecule has 0 aromatic rings. The lowest BCUT2D eigenvalue weighted by Gasteiger charge is -2.32. The summed E-state index contributed by atoms with van der Waals surface area (Å²) in [6.07, 6.45) is 4.12. The lowest BCUT2D eigenvalue weighted by atomic mass is 10.1. The Kier molecular flexibility index (Phi) is 6.70. The van der Waals surface area contributed by atoms with Crippen LogP contribution >= 0.6 is 0 Å². The third kappa shape index (κ3) is 6.25. The third-order valence-corrected chi connectivity index (χ3v) is 4.90. The molecule has 0 bridgehead atoms. The first-order chi connectivity index (χ1) is 9.51. The topological polar surface area (TPSA) is 9.72 Å². The molecule has 0 saturated carbocycles. The molecule has 21 heavy (non-hydrogen) atoms. The zero-order valence-electron chi connectivity index (χ0n) is 15.9. The molecule has 126 valence electrons. The van der Waals surface area contributed by atoms with Crippen LogP contribution in [0.5, 0.6) is 0 Å². The van der Waals surface area contributed by atoms with Gasteiger partial charge in [-0.3, -0.25) is 9.80 Å².